The van der Waals surface area contributed by atoms with Crippen LogP contribution in [0, 0.1) is 0 Å². The molecule has 0 spiro atoms. The maximum atomic E-state index is 5.23. The van der Waals surface area contributed by atoms with E-state index in [1.807, 2.05) is 24.3 Å². The summed E-state index contributed by atoms with van der Waals surface area (Å²) < 4.78 is 0. The molecule has 0 aliphatic rings. The van der Waals surface area contributed by atoms with Gasteiger partial charge in [0.05, 0.1) is 0 Å². The van der Waals surface area contributed by atoms with Crippen LogP contribution in [-0.4, -0.2) is 12.5 Å². The van der Waals surface area contributed by atoms with Gasteiger partial charge in [-0.15, -0.1) is 0 Å². The molecule has 0 atom stereocenters. The topological polar surface area (TPSA) is 64.4 Å². The van der Waals surface area contributed by atoms with Crippen LogP contribution in [0.1, 0.15) is 11.1 Å². The largest absolute Gasteiger partial charge is 0.370 e. The fourth-order valence-corrected chi connectivity index (χ4v) is 1.27. The van der Waals surface area contributed by atoms with Crippen molar-refractivity contribution in [3.63, 3.8) is 0 Å². The van der Waals surface area contributed by atoms with Crippen LogP contribution in [0.2, 0.25) is 0 Å². The summed E-state index contributed by atoms with van der Waals surface area (Å²) in [5.41, 5.74) is 12.8. The first kappa shape index (κ1) is 10.3. The number of hydrogen-bond acceptors (Lipinski definition) is 1. The average molecular weight is 189 g/mol. The summed E-state index contributed by atoms with van der Waals surface area (Å²) >= 11 is 0. The van der Waals surface area contributed by atoms with Gasteiger partial charge in [-0.1, -0.05) is 36.9 Å². The van der Waals surface area contributed by atoms with Gasteiger partial charge in [0, 0.05) is 6.54 Å². The molecule has 14 heavy (non-hydrogen) atoms. The SMILES string of the molecule is C=Cc1ccccc1CCN=C(N)N. The Morgan fingerprint density at radius 3 is 2.71 bits per heavy atom. The van der Waals surface area contributed by atoms with Gasteiger partial charge < -0.3 is 11.5 Å². The van der Waals surface area contributed by atoms with Gasteiger partial charge in [0.15, 0.2) is 5.96 Å². The molecule has 0 amide bonds. The number of rotatable bonds is 4. The smallest absolute Gasteiger partial charge is 0.185 e. The Morgan fingerprint density at radius 1 is 1.36 bits per heavy atom. The molecule has 3 nitrogen and oxygen atoms in total. The molecule has 0 fully saturated rings. The maximum Gasteiger partial charge on any atom is 0.185 e. The van der Waals surface area contributed by atoms with Crippen LogP contribution < -0.4 is 11.5 Å². The Labute approximate surface area is 84.1 Å². The summed E-state index contributed by atoms with van der Waals surface area (Å²) in [4.78, 5) is 3.93. The Balaban J connectivity index is 2.66. The Morgan fingerprint density at radius 2 is 2.07 bits per heavy atom. The van der Waals surface area contributed by atoms with Gasteiger partial charge in [0.25, 0.3) is 0 Å². The lowest BCUT2D eigenvalue weighted by Crippen LogP contribution is -2.23. The minimum atomic E-state index is 0.140. The first-order valence-electron chi connectivity index (χ1n) is 4.50. The van der Waals surface area contributed by atoms with Crippen molar-refractivity contribution in [3.05, 3.63) is 42.0 Å². The van der Waals surface area contributed by atoms with Gasteiger partial charge in [-0.25, -0.2) is 0 Å². The lowest BCUT2D eigenvalue weighted by atomic mass is 10.1. The summed E-state index contributed by atoms with van der Waals surface area (Å²) in [5.74, 6) is 0.140. The van der Waals surface area contributed by atoms with Crippen molar-refractivity contribution in [1.29, 1.82) is 0 Å². The van der Waals surface area contributed by atoms with Crippen LogP contribution in [0.25, 0.3) is 6.08 Å². The van der Waals surface area contributed by atoms with E-state index in [1.54, 1.807) is 0 Å². The standard InChI is InChI=1S/C11H15N3/c1-2-9-5-3-4-6-10(9)7-8-14-11(12)13/h2-6H,1,7-8H2,(H4,12,13,14). The predicted octanol–water partition coefficient (Wildman–Crippen LogP) is 1.15. The molecule has 0 aromatic heterocycles. The van der Waals surface area contributed by atoms with Gasteiger partial charge in [-0.2, -0.15) is 0 Å². The number of aliphatic imine (C=N–C) groups is 1. The summed E-state index contributed by atoms with van der Waals surface area (Å²) in [6.45, 7) is 4.37. The highest BCUT2D eigenvalue weighted by Gasteiger charge is 1.96. The van der Waals surface area contributed by atoms with Crippen LogP contribution in [0.4, 0.5) is 0 Å². The van der Waals surface area contributed by atoms with Crippen molar-refractivity contribution in [1.82, 2.24) is 0 Å². The predicted molar refractivity (Wildman–Crippen MR) is 60.9 cm³/mol. The van der Waals surface area contributed by atoms with Crippen LogP contribution in [0.5, 0.6) is 0 Å². The van der Waals surface area contributed by atoms with Crippen molar-refractivity contribution in [2.45, 2.75) is 6.42 Å². The van der Waals surface area contributed by atoms with Gasteiger partial charge in [0.2, 0.25) is 0 Å². The average Bonchev–Trinajstić information content (AvgIpc) is 2.18. The zero-order chi connectivity index (χ0) is 10.4. The molecule has 1 aromatic rings. The van der Waals surface area contributed by atoms with Crippen molar-refractivity contribution in [2.75, 3.05) is 6.54 Å². The molecule has 0 aliphatic heterocycles. The minimum absolute atomic E-state index is 0.140. The zero-order valence-electron chi connectivity index (χ0n) is 8.11. The minimum Gasteiger partial charge on any atom is -0.370 e. The lowest BCUT2D eigenvalue weighted by molar-refractivity contribution is 0.960. The van der Waals surface area contributed by atoms with E-state index in [4.69, 9.17) is 11.5 Å². The summed E-state index contributed by atoms with van der Waals surface area (Å²) in [6, 6.07) is 8.07. The monoisotopic (exact) mass is 189 g/mol. The normalized spacial score (nSPS) is 9.43. The van der Waals surface area contributed by atoms with E-state index in [0.717, 1.165) is 12.0 Å². The molecule has 0 saturated carbocycles. The second-order valence-electron chi connectivity index (χ2n) is 2.96. The fourth-order valence-electron chi connectivity index (χ4n) is 1.27. The summed E-state index contributed by atoms with van der Waals surface area (Å²) in [6.07, 6.45) is 2.67. The van der Waals surface area contributed by atoms with E-state index in [-0.39, 0.29) is 5.96 Å². The van der Waals surface area contributed by atoms with E-state index in [9.17, 15) is 0 Å². The molecule has 3 heteroatoms. The van der Waals surface area contributed by atoms with Gasteiger partial charge in [0.1, 0.15) is 0 Å². The molecule has 0 unspecified atom stereocenters. The third-order valence-electron chi connectivity index (χ3n) is 1.95. The number of benzene rings is 1. The van der Waals surface area contributed by atoms with Crippen molar-refractivity contribution in [2.24, 2.45) is 16.5 Å². The maximum absolute atomic E-state index is 5.23. The van der Waals surface area contributed by atoms with E-state index in [2.05, 4.69) is 17.6 Å². The molecular weight excluding hydrogens is 174 g/mol. The second kappa shape index (κ2) is 5.07. The molecule has 0 bridgehead atoms. The van der Waals surface area contributed by atoms with Gasteiger partial charge >= 0.3 is 0 Å². The third-order valence-corrected chi connectivity index (χ3v) is 1.95. The highest BCUT2D eigenvalue weighted by atomic mass is 15.0. The number of guanidine groups is 1. The number of nitrogens with two attached hydrogens (primary N) is 2. The fraction of sp³-hybridized carbons (Fsp3) is 0.182. The number of nitrogens with zero attached hydrogens (tertiary/aromatic N) is 1. The van der Waals surface area contributed by atoms with E-state index in [1.165, 1.54) is 5.56 Å². The molecule has 0 heterocycles. The molecule has 0 radical (unpaired) electrons. The van der Waals surface area contributed by atoms with E-state index in [0.29, 0.717) is 6.54 Å². The summed E-state index contributed by atoms with van der Waals surface area (Å²) in [5, 5.41) is 0. The summed E-state index contributed by atoms with van der Waals surface area (Å²) in [7, 11) is 0. The number of hydrogen-bond donors (Lipinski definition) is 2. The molecule has 1 rings (SSSR count). The first-order valence-corrected chi connectivity index (χ1v) is 4.50. The highest BCUT2D eigenvalue weighted by Crippen LogP contribution is 2.10. The molecule has 1 aromatic carbocycles. The Bertz CT molecular complexity index is 338. The highest BCUT2D eigenvalue weighted by molar-refractivity contribution is 5.75. The first-order chi connectivity index (χ1) is 6.74. The molecule has 4 N–H and O–H groups in total. The molecule has 74 valence electrons. The molecule has 0 saturated heterocycles. The van der Waals surface area contributed by atoms with E-state index < -0.39 is 0 Å². The Hall–Kier alpha value is -1.77. The van der Waals surface area contributed by atoms with Gasteiger partial charge in [-0.05, 0) is 17.5 Å². The second-order valence-corrected chi connectivity index (χ2v) is 2.96. The van der Waals surface area contributed by atoms with Crippen LogP contribution >= 0.6 is 0 Å². The molecular formula is C11H15N3. The van der Waals surface area contributed by atoms with Crippen molar-refractivity contribution < 1.29 is 0 Å². The third kappa shape index (κ3) is 2.94. The zero-order valence-corrected chi connectivity index (χ0v) is 8.11. The Kier molecular flexibility index (Phi) is 3.73. The van der Waals surface area contributed by atoms with Crippen molar-refractivity contribution >= 4 is 12.0 Å². The quantitative estimate of drug-likeness (QED) is 0.551. The van der Waals surface area contributed by atoms with Crippen LogP contribution in [-0.2, 0) is 6.42 Å². The van der Waals surface area contributed by atoms with Gasteiger partial charge in [-0.3, -0.25) is 4.99 Å². The van der Waals surface area contributed by atoms with Crippen LogP contribution in [0.3, 0.4) is 0 Å². The van der Waals surface area contributed by atoms with E-state index >= 15 is 0 Å². The lowest BCUT2D eigenvalue weighted by Gasteiger charge is -2.03. The molecule has 0 aliphatic carbocycles. The van der Waals surface area contributed by atoms with Crippen molar-refractivity contribution in [3.8, 4) is 0 Å². The van der Waals surface area contributed by atoms with Crippen LogP contribution in [0.15, 0.2) is 35.8 Å².